The van der Waals surface area contributed by atoms with Crippen LogP contribution in [0.25, 0.3) is 0 Å². The Morgan fingerprint density at radius 2 is 2.27 bits per heavy atom. The number of hydrogen-bond donors (Lipinski definition) is 1. The number of rotatable bonds is 4. The zero-order valence-corrected chi connectivity index (χ0v) is 9.16. The molecule has 1 aliphatic rings. The molecule has 1 aliphatic carbocycles. The SMILES string of the molecule is C=C/C=C(\C=C/C)C(=N)C1=CCCC=C1. The van der Waals surface area contributed by atoms with Crippen molar-refractivity contribution >= 4 is 5.71 Å². The molecule has 0 heterocycles. The second kappa shape index (κ2) is 5.97. The molecule has 0 spiro atoms. The highest BCUT2D eigenvalue weighted by molar-refractivity contribution is 6.14. The van der Waals surface area contributed by atoms with E-state index < -0.39 is 0 Å². The molecule has 1 nitrogen and oxygen atoms in total. The van der Waals surface area contributed by atoms with E-state index in [-0.39, 0.29) is 0 Å². The number of allylic oxidation sites excluding steroid dienone is 9. The van der Waals surface area contributed by atoms with Gasteiger partial charge in [-0.15, -0.1) is 0 Å². The molecule has 0 bridgehead atoms. The lowest BCUT2D eigenvalue weighted by molar-refractivity contribution is 1.03. The molecular weight excluding hydrogens is 182 g/mol. The van der Waals surface area contributed by atoms with E-state index in [4.69, 9.17) is 5.41 Å². The molecule has 0 saturated heterocycles. The lowest BCUT2D eigenvalue weighted by atomic mass is 9.97. The molecule has 0 saturated carbocycles. The summed E-state index contributed by atoms with van der Waals surface area (Å²) in [6.45, 7) is 5.62. The van der Waals surface area contributed by atoms with Crippen LogP contribution >= 0.6 is 0 Å². The first-order valence-corrected chi connectivity index (χ1v) is 5.21. The average Bonchev–Trinajstić information content (AvgIpc) is 2.29. The van der Waals surface area contributed by atoms with E-state index >= 15 is 0 Å². The quantitative estimate of drug-likeness (QED) is 0.523. The van der Waals surface area contributed by atoms with Gasteiger partial charge in [-0.2, -0.15) is 0 Å². The fourth-order valence-electron chi connectivity index (χ4n) is 1.49. The van der Waals surface area contributed by atoms with Gasteiger partial charge in [0.1, 0.15) is 0 Å². The van der Waals surface area contributed by atoms with Crippen molar-refractivity contribution in [2.75, 3.05) is 0 Å². The molecular formula is C14H17N. The van der Waals surface area contributed by atoms with Crippen LogP contribution in [0.4, 0.5) is 0 Å². The van der Waals surface area contributed by atoms with E-state index in [0.717, 1.165) is 24.0 Å². The molecule has 0 atom stereocenters. The van der Waals surface area contributed by atoms with Crippen LogP contribution < -0.4 is 0 Å². The largest absolute Gasteiger partial charge is 0.300 e. The lowest BCUT2D eigenvalue weighted by Crippen LogP contribution is -2.03. The van der Waals surface area contributed by atoms with Crippen LogP contribution in [0.15, 0.2) is 60.3 Å². The number of hydrogen-bond acceptors (Lipinski definition) is 1. The minimum absolute atomic E-state index is 0.573. The highest BCUT2D eigenvalue weighted by Crippen LogP contribution is 2.15. The van der Waals surface area contributed by atoms with Gasteiger partial charge >= 0.3 is 0 Å². The van der Waals surface area contributed by atoms with E-state index in [2.05, 4.69) is 18.7 Å². The van der Waals surface area contributed by atoms with E-state index in [0.29, 0.717) is 5.71 Å². The van der Waals surface area contributed by atoms with Gasteiger partial charge in [-0.05, 0) is 30.9 Å². The molecule has 0 unspecified atom stereocenters. The van der Waals surface area contributed by atoms with Gasteiger partial charge in [0.25, 0.3) is 0 Å². The van der Waals surface area contributed by atoms with Gasteiger partial charge in [0, 0.05) is 0 Å². The molecule has 0 aromatic rings. The zero-order valence-electron chi connectivity index (χ0n) is 9.16. The van der Waals surface area contributed by atoms with Crippen LogP contribution in [0, 0.1) is 5.41 Å². The van der Waals surface area contributed by atoms with Crippen molar-refractivity contribution in [2.24, 2.45) is 0 Å². The monoisotopic (exact) mass is 199 g/mol. The molecule has 0 radical (unpaired) electrons. The summed E-state index contributed by atoms with van der Waals surface area (Å²) in [7, 11) is 0. The van der Waals surface area contributed by atoms with Gasteiger partial charge < -0.3 is 0 Å². The molecule has 0 aliphatic heterocycles. The van der Waals surface area contributed by atoms with Gasteiger partial charge in [0.2, 0.25) is 0 Å². The lowest BCUT2D eigenvalue weighted by Gasteiger charge is -2.09. The summed E-state index contributed by atoms with van der Waals surface area (Å²) >= 11 is 0. The van der Waals surface area contributed by atoms with E-state index in [1.54, 1.807) is 6.08 Å². The fourth-order valence-corrected chi connectivity index (χ4v) is 1.49. The second-order valence-corrected chi connectivity index (χ2v) is 3.37. The highest BCUT2D eigenvalue weighted by atomic mass is 14.4. The first-order chi connectivity index (χ1) is 7.29. The Kier molecular flexibility index (Phi) is 4.55. The zero-order chi connectivity index (χ0) is 11.1. The smallest absolute Gasteiger partial charge is 0.0681 e. The van der Waals surface area contributed by atoms with Crippen LogP contribution in [0.2, 0.25) is 0 Å². The van der Waals surface area contributed by atoms with Crippen molar-refractivity contribution < 1.29 is 0 Å². The summed E-state index contributed by atoms with van der Waals surface area (Å²) in [6.07, 6.45) is 15.8. The minimum atomic E-state index is 0.573. The maximum atomic E-state index is 8.06. The Balaban J connectivity index is 2.90. The normalized spacial score (nSPS) is 16.6. The molecule has 1 heteroatoms. The standard InChI is InChI=1S/C14H17N/c1-3-8-12(9-4-2)14(15)13-10-6-5-7-11-13/h3-4,6,8-11,15H,1,5,7H2,2H3/b9-4-,12-8+,15-14?. The molecule has 1 rings (SSSR count). The summed E-state index contributed by atoms with van der Waals surface area (Å²) in [6, 6.07) is 0. The fraction of sp³-hybridized carbons (Fsp3) is 0.214. The van der Waals surface area contributed by atoms with Crippen LogP contribution in [0.5, 0.6) is 0 Å². The van der Waals surface area contributed by atoms with E-state index in [1.165, 1.54) is 0 Å². The van der Waals surface area contributed by atoms with Gasteiger partial charge in [-0.3, -0.25) is 5.41 Å². The topological polar surface area (TPSA) is 23.9 Å². The number of nitrogens with one attached hydrogen (secondary N) is 1. The Morgan fingerprint density at radius 1 is 1.47 bits per heavy atom. The van der Waals surface area contributed by atoms with Gasteiger partial charge in [0.15, 0.2) is 0 Å². The van der Waals surface area contributed by atoms with Gasteiger partial charge in [0.05, 0.1) is 5.71 Å². The van der Waals surface area contributed by atoms with Crippen molar-refractivity contribution in [2.45, 2.75) is 19.8 Å². The summed E-state index contributed by atoms with van der Waals surface area (Å²) in [5, 5.41) is 8.06. The first kappa shape index (κ1) is 11.4. The highest BCUT2D eigenvalue weighted by Gasteiger charge is 2.06. The van der Waals surface area contributed by atoms with Crippen molar-refractivity contribution in [1.29, 1.82) is 5.41 Å². The van der Waals surface area contributed by atoms with E-state index in [1.807, 2.05) is 31.2 Å². The van der Waals surface area contributed by atoms with Crippen molar-refractivity contribution in [3.8, 4) is 0 Å². The summed E-state index contributed by atoms with van der Waals surface area (Å²) in [5.74, 6) is 0. The van der Waals surface area contributed by atoms with Crippen LogP contribution in [-0.2, 0) is 0 Å². The van der Waals surface area contributed by atoms with Gasteiger partial charge in [-0.25, -0.2) is 0 Å². The van der Waals surface area contributed by atoms with Crippen molar-refractivity contribution in [1.82, 2.24) is 0 Å². The van der Waals surface area contributed by atoms with Crippen molar-refractivity contribution in [3.63, 3.8) is 0 Å². The van der Waals surface area contributed by atoms with Crippen LogP contribution in [-0.4, -0.2) is 5.71 Å². The molecule has 1 N–H and O–H groups in total. The third-order valence-electron chi connectivity index (χ3n) is 2.22. The summed E-state index contributed by atoms with van der Waals surface area (Å²) < 4.78 is 0. The Hall–Kier alpha value is -1.63. The van der Waals surface area contributed by atoms with Crippen LogP contribution in [0.3, 0.4) is 0 Å². The maximum Gasteiger partial charge on any atom is 0.0681 e. The molecule has 0 aromatic carbocycles. The first-order valence-electron chi connectivity index (χ1n) is 5.21. The Morgan fingerprint density at radius 3 is 2.80 bits per heavy atom. The van der Waals surface area contributed by atoms with Crippen LogP contribution in [0.1, 0.15) is 19.8 Å². The Bertz CT molecular complexity index is 365. The third-order valence-corrected chi connectivity index (χ3v) is 2.22. The maximum absolute atomic E-state index is 8.06. The molecule has 0 aromatic heterocycles. The second-order valence-electron chi connectivity index (χ2n) is 3.37. The van der Waals surface area contributed by atoms with E-state index in [9.17, 15) is 0 Å². The summed E-state index contributed by atoms with van der Waals surface area (Å²) in [5.41, 5.74) is 2.49. The predicted molar refractivity (Wildman–Crippen MR) is 67.3 cm³/mol. The molecule has 0 fully saturated rings. The van der Waals surface area contributed by atoms with Crippen molar-refractivity contribution in [3.05, 3.63) is 60.3 Å². The molecule has 78 valence electrons. The predicted octanol–water partition coefficient (Wildman–Crippen LogP) is 3.97. The minimum Gasteiger partial charge on any atom is -0.300 e. The Labute approximate surface area is 91.7 Å². The third kappa shape index (κ3) is 3.21. The average molecular weight is 199 g/mol. The summed E-state index contributed by atoms with van der Waals surface area (Å²) in [4.78, 5) is 0. The molecule has 0 amide bonds. The van der Waals surface area contributed by atoms with Gasteiger partial charge in [-0.1, -0.05) is 49.1 Å². The molecule has 15 heavy (non-hydrogen) atoms.